The molecule has 3 heteroatoms. The van der Waals surface area contributed by atoms with Gasteiger partial charge in [0.2, 0.25) is 0 Å². The van der Waals surface area contributed by atoms with Gasteiger partial charge in [0.15, 0.2) is 0 Å². The zero-order valence-electron chi connectivity index (χ0n) is 15.5. The number of hydrogen-bond donors (Lipinski definition) is 2. The van der Waals surface area contributed by atoms with Gasteiger partial charge in [0, 0.05) is 17.3 Å². The molecule has 4 rings (SSSR count). The quantitative estimate of drug-likeness (QED) is 0.669. The highest BCUT2D eigenvalue weighted by molar-refractivity contribution is 8.08. The summed E-state index contributed by atoms with van der Waals surface area (Å²) in [5.41, 5.74) is 8.05. The first-order valence-electron chi connectivity index (χ1n) is 9.53. The van der Waals surface area contributed by atoms with Crippen LogP contribution < -0.4 is 5.32 Å². The van der Waals surface area contributed by atoms with Gasteiger partial charge in [-0.15, -0.1) is 0 Å². The van der Waals surface area contributed by atoms with E-state index in [9.17, 15) is 0 Å². The topological polar surface area (TPSA) is 35.9 Å². The minimum Gasteiger partial charge on any atom is -0.374 e. The number of fused-ring (bicyclic) bond motifs is 1. The van der Waals surface area contributed by atoms with E-state index in [-0.39, 0.29) is 5.37 Å². The Balaban J connectivity index is 1.55. The summed E-state index contributed by atoms with van der Waals surface area (Å²) in [6.07, 6.45) is 8.40. The largest absolute Gasteiger partial charge is 0.374 e. The van der Waals surface area contributed by atoms with Crippen LogP contribution in [-0.4, -0.2) is 6.21 Å². The first kappa shape index (κ1) is 17.4. The molecule has 2 aromatic rings. The number of rotatable bonds is 5. The smallest absolute Gasteiger partial charge is 0.102 e. The van der Waals surface area contributed by atoms with Crippen molar-refractivity contribution < 1.29 is 0 Å². The van der Waals surface area contributed by atoms with Crippen molar-refractivity contribution in [3.05, 3.63) is 76.0 Å². The molecular formula is C23H26N2S. The van der Waals surface area contributed by atoms with E-state index in [1.165, 1.54) is 52.6 Å². The summed E-state index contributed by atoms with van der Waals surface area (Å²) in [7, 11) is 0. The summed E-state index contributed by atoms with van der Waals surface area (Å²) < 4.78 is 0. The molecule has 1 atom stereocenters. The third-order valence-corrected chi connectivity index (χ3v) is 6.51. The highest BCUT2D eigenvalue weighted by Crippen LogP contribution is 2.45. The minimum absolute atomic E-state index is 0.231. The van der Waals surface area contributed by atoms with Crippen LogP contribution in [0.4, 0.5) is 0 Å². The highest BCUT2D eigenvalue weighted by atomic mass is 32.2. The fourth-order valence-electron chi connectivity index (χ4n) is 4.04. The Labute approximate surface area is 160 Å². The van der Waals surface area contributed by atoms with E-state index in [0.717, 1.165) is 12.0 Å². The highest BCUT2D eigenvalue weighted by Gasteiger charge is 2.24. The van der Waals surface area contributed by atoms with E-state index in [4.69, 9.17) is 5.41 Å². The summed E-state index contributed by atoms with van der Waals surface area (Å²) in [6.45, 7) is 4.45. The summed E-state index contributed by atoms with van der Waals surface area (Å²) in [6, 6.07) is 13.4. The summed E-state index contributed by atoms with van der Waals surface area (Å²) in [5, 5.41) is 11.6. The second kappa shape index (κ2) is 7.32. The van der Waals surface area contributed by atoms with Crippen molar-refractivity contribution >= 4 is 22.9 Å². The van der Waals surface area contributed by atoms with E-state index in [1.54, 1.807) is 5.56 Å². The van der Waals surface area contributed by atoms with Crippen LogP contribution in [0.25, 0.3) is 4.91 Å². The maximum Gasteiger partial charge on any atom is 0.102 e. The minimum atomic E-state index is 0.231. The van der Waals surface area contributed by atoms with Crippen molar-refractivity contribution in [3.63, 3.8) is 0 Å². The molecule has 0 aromatic heterocycles. The van der Waals surface area contributed by atoms with E-state index < -0.39 is 0 Å². The lowest BCUT2D eigenvalue weighted by Gasteiger charge is -2.16. The lowest BCUT2D eigenvalue weighted by Crippen LogP contribution is -2.08. The third kappa shape index (κ3) is 3.33. The number of benzene rings is 2. The molecule has 2 aliphatic rings. The monoisotopic (exact) mass is 362 g/mol. The molecular weight excluding hydrogens is 336 g/mol. The molecule has 0 amide bonds. The molecule has 0 radical (unpaired) electrons. The van der Waals surface area contributed by atoms with Crippen molar-refractivity contribution in [1.82, 2.24) is 5.32 Å². The van der Waals surface area contributed by atoms with Crippen LogP contribution in [-0.2, 0) is 19.3 Å². The normalized spacial score (nSPS) is 18.6. The molecule has 134 valence electrons. The lowest BCUT2D eigenvalue weighted by molar-refractivity contribution is 0.646. The molecule has 26 heavy (non-hydrogen) atoms. The van der Waals surface area contributed by atoms with Crippen LogP contribution >= 0.6 is 11.8 Å². The van der Waals surface area contributed by atoms with Gasteiger partial charge in [0.1, 0.15) is 5.37 Å². The summed E-state index contributed by atoms with van der Waals surface area (Å²) >= 11 is 1.90. The van der Waals surface area contributed by atoms with Gasteiger partial charge in [-0.1, -0.05) is 55.9 Å². The van der Waals surface area contributed by atoms with Crippen LogP contribution in [0.15, 0.2) is 42.6 Å². The van der Waals surface area contributed by atoms with Gasteiger partial charge in [-0.2, -0.15) is 0 Å². The predicted molar refractivity (Wildman–Crippen MR) is 113 cm³/mol. The van der Waals surface area contributed by atoms with Crippen molar-refractivity contribution in [2.45, 2.75) is 44.9 Å². The lowest BCUT2D eigenvalue weighted by atomic mass is 9.96. The van der Waals surface area contributed by atoms with E-state index in [1.807, 2.05) is 11.8 Å². The fourth-order valence-corrected chi connectivity index (χ4v) is 5.17. The second-order valence-electron chi connectivity index (χ2n) is 7.67. The number of nitrogens with one attached hydrogen (secondary N) is 2. The molecule has 1 heterocycles. The Morgan fingerprint density at radius 2 is 2.12 bits per heavy atom. The molecule has 0 fully saturated rings. The number of hydrogen-bond acceptors (Lipinski definition) is 3. The van der Waals surface area contributed by atoms with Gasteiger partial charge >= 0.3 is 0 Å². The first-order chi connectivity index (χ1) is 12.7. The van der Waals surface area contributed by atoms with Crippen LogP contribution in [0.5, 0.6) is 0 Å². The Kier molecular flexibility index (Phi) is 4.90. The maximum atomic E-state index is 7.79. The van der Waals surface area contributed by atoms with E-state index in [0.29, 0.717) is 5.92 Å². The Morgan fingerprint density at radius 3 is 2.92 bits per heavy atom. The molecule has 1 aliphatic carbocycles. The van der Waals surface area contributed by atoms with Gasteiger partial charge in [0.25, 0.3) is 0 Å². The molecule has 0 saturated heterocycles. The molecule has 2 N–H and O–H groups in total. The van der Waals surface area contributed by atoms with Crippen molar-refractivity contribution in [2.75, 3.05) is 0 Å². The number of thioether (sulfide) groups is 1. The van der Waals surface area contributed by atoms with Crippen molar-refractivity contribution in [3.8, 4) is 0 Å². The zero-order chi connectivity index (χ0) is 18.1. The fraction of sp³-hybridized carbons (Fsp3) is 0.348. The molecule has 1 unspecified atom stereocenters. The Morgan fingerprint density at radius 1 is 1.23 bits per heavy atom. The van der Waals surface area contributed by atoms with Gasteiger partial charge in [-0.05, 0) is 71.0 Å². The molecule has 0 bridgehead atoms. The average Bonchev–Trinajstić information content (AvgIpc) is 3.30. The summed E-state index contributed by atoms with van der Waals surface area (Å²) in [4.78, 5) is 1.34. The van der Waals surface area contributed by atoms with E-state index >= 15 is 0 Å². The molecule has 0 spiro atoms. The van der Waals surface area contributed by atoms with E-state index in [2.05, 4.69) is 61.8 Å². The van der Waals surface area contributed by atoms with Crippen molar-refractivity contribution in [2.24, 2.45) is 5.92 Å². The first-order valence-corrected chi connectivity index (χ1v) is 10.4. The Bertz CT molecular complexity index is 867. The molecule has 2 aromatic carbocycles. The van der Waals surface area contributed by atoms with Gasteiger partial charge in [-0.25, -0.2) is 0 Å². The standard InChI is InChI=1S/C23H26N2S/c1-15(2)11-17-9-10-18(12-19(17)13-24)23-25-14-22(26-23)21-8-4-6-16-5-3-7-20(16)21/h4,6,8-10,12-15,23-25H,3,5,7,11H2,1-2H3. The van der Waals surface area contributed by atoms with Crippen LogP contribution in [0.1, 0.15) is 59.0 Å². The Hall–Kier alpha value is -2.00. The molecule has 1 aliphatic heterocycles. The average molecular weight is 363 g/mol. The predicted octanol–water partition coefficient (Wildman–Crippen LogP) is 5.71. The maximum absolute atomic E-state index is 7.79. The van der Waals surface area contributed by atoms with Crippen LogP contribution in [0.2, 0.25) is 0 Å². The van der Waals surface area contributed by atoms with Crippen LogP contribution in [0.3, 0.4) is 0 Å². The number of aryl methyl sites for hydroxylation is 1. The third-order valence-electron chi connectivity index (χ3n) is 5.28. The van der Waals surface area contributed by atoms with Crippen LogP contribution in [0, 0.1) is 11.3 Å². The van der Waals surface area contributed by atoms with Gasteiger partial charge < -0.3 is 10.7 Å². The SMILES string of the molecule is CC(C)Cc1ccc(C2NC=C(c3cccc4c3CCC4)S2)cc1C=N. The molecule has 2 nitrogen and oxygen atoms in total. The zero-order valence-corrected chi connectivity index (χ0v) is 16.3. The van der Waals surface area contributed by atoms with Gasteiger partial charge in [0.05, 0.1) is 0 Å². The second-order valence-corrected chi connectivity index (χ2v) is 8.82. The van der Waals surface area contributed by atoms with Gasteiger partial charge in [-0.3, -0.25) is 0 Å². The summed E-state index contributed by atoms with van der Waals surface area (Å²) in [5.74, 6) is 0.604. The van der Waals surface area contributed by atoms with Crippen molar-refractivity contribution in [1.29, 1.82) is 5.41 Å². The molecule has 0 saturated carbocycles.